The van der Waals surface area contributed by atoms with Crippen LogP contribution in [0.1, 0.15) is 20.2 Å². The summed E-state index contributed by atoms with van der Waals surface area (Å²) in [4.78, 5) is 22.7. The second kappa shape index (κ2) is 4.10. The zero-order chi connectivity index (χ0) is 12.6. The molecule has 2 aromatic heterocycles. The molecule has 0 unspecified atom stereocenters. The highest BCUT2D eigenvalue weighted by Gasteiger charge is 2.24. The molecular weight excluding hydrogens is 248 g/mol. The Hall–Kier alpha value is -2.02. The fourth-order valence-electron chi connectivity index (χ4n) is 1.31. The number of thiophene rings is 1. The molecular formula is C10H8O6S. The molecule has 2 heterocycles. The molecule has 0 saturated carbocycles. The number of hydrogen-bond donors (Lipinski definition) is 1. The second-order valence-corrected chi connectivity index (χ2v) is 4.12. The van der Waals surface area contributed by atoms with Crippen LogP contribution in [0.4, 0.5) is 0 Å². The third kappa shape index (κ3) is 1.74. The molecule has 6 nitrogen and oxygen atoms in total. The normalized spacial score (nSPS) is 10.5. The van der Waals surface area contributed by atoms with E-state index in [1.807, 2.05) is 0 Å². The van der Waals surface area contributed by atoms with Gasteiger partial charge in [0.05, 0.1) is 14.2 Å². The summed E-state index contributed by atoms with van der Waals surface area (Å²) in [5.74, 6) is -1.90. The van der Waals surface area contributed by atoms with Gasteiger partial charge >= 0.3 is 11.9 Å². The number of furan rings is 1. The lowest BCUT2D eigenvalue weighted by Gasteiger charge is -1.94. The Morgan fingerprint density at radius 2 is 1.94 bits per heavy atom. The average molecular weight is 256 g/mol. The van der Waals surface area contributed by atoms with Gasteiger partial charge in [0, 0.05) is 6.07 Å². The highest BCUT2D eigenvalue weighted by molar-refractivity contribution is 7.21. The molecule has 0 saturated heterocycles. The van der Waals surface area contributed by atoms with Gasteiger partial charge in [-0.2, -0.15) is 0 Å². The topological polar surface area (TPSA) is 86.0 Å². The molecule has 0 bridgehead atoms. The van der Waals surface area contributed by atoms with Crippen LogP contribution in [0.25, 0.3) is 10.3 Å². The lowest BCUT2D eigenvalue weighted by atomic mass is 10.4. The maximum absolute atomic E-state index is 11.2. The minimum Gasteiger partial charge on any atom is -0.503 e. The number of carbonyl (C=O) groups excluding carboxylic acids is 2. The zero-order valence-electron chi connectivity index (χ0n) is 8.97. The molecule has 90 valence electrons. The number of esters is 2. The van der Waals surface area contributed by atoms with Gasteiger partial charge in [-0.3, -0.25) is 0 Å². The summed E-state index contributed by atoms with van der Waals surface area (Å²) in [5.41, 5.74) is 0.244. The molecule has 0 spiro atoms. The standard InChI is InChI=1S/C10H8O6S/c1-14-9(12)5-3-4-8(17-5)6(11)7(16-4)10(13)15-2/h3,11H,1-2H3. The SMILES string of the molecule is COC(=O)c1cc2oc(C(=O)OC)c(O)c2s1. The van der Waals surface area contributed by atoms with E-state index < -0.39 is 11.9 Å². The smallest absolute Gasteiger partial charge is 0.378 e. The molecule has 0 fully saturated rings. The fourth-order valence-corrected chi connectivity index (χ4v) is 2.25. The van der Waals surface area contributed by atoms with Gasteiger partial charge < -0.3 is 19.0 Å². The Morgan fingerprint density at radius 3 is 2.47 bits per heavy atom. The number of ether oxygens (including phenoxy) is 2. The summed E-state index contributed by atoms with van der Waals surface area (Å²) in [6, 6.07) is 1.40. The molecule has 0 aromatic carbocycles. The van der Waals surface area contributed by atoms with Crippen LogP contribution in [-0.2, 0) is 9.47 Å². The van der Waals surface area contributed by atoms with E-state index in [-0.39, 0.29) is 22.0 Å². The highest BCUT2D eigenvalue weighted by atomic mass is 32.1. The largest absolute Gasteiger partial charge is 0.503 e. The van der Waals surface area contributed by atoms with E-state index in [2.05, 4.69) is 9.47 Å². The van der Waals surface area contributed by atoms with Crippen LogP contribution in [0, 0.1) is 0 Å². The van der Waals surface area contributed by atoms with Crippen LogP contribution in [0.2, 0.25) is 0 Å². The third-order valence-electron chi connectivity index (χ3n) is 2.10. The van der Waals surface area contributed by atoms with Crippen molar-refractivity contribution >= 4 is 33.6 Å². The molecule has 0 radical (unpaired) electrons. The van der Waals surface area contributed by atoms with Crippen LogP contribution in [0.5, 0.6) is 5.75 Å². The molecule has 2 aromatic rings. The second-order valence-electron chi connectivity index (χ2n) is 3.07. The van der Waals surface area contributed by atoms with Crippen molar-refractivity contribution in [2.45, 2.75) is 0 Å². The quantitative estimate of drug-likeness (QED) is 0.824. The zero-order valence-corrected chi connectivity index (χ0v) is 9.79. The highest BCUT2D eigenvalue weighted by Crippen LogP contribution is 2.38. The number of carbonyl (C=O) groups is 2. The molecule has 1 N–H and O–H groups in total. The van der Waals surface area contributed by atoms with Crippen LogP contribution in [0.15, 0.2) is 10.5 Å². The van der Waals surface area contributed by atoms with E-state index in [1.54, 1.807) is 0 Å². The Labute approximate surface area is 99.4 Å². The average Bonchev–Trinajstić information content (AvgIpc) is 2.87. The van der Waals surface area contributed by atoms with Crippen LogP contribution >= 0.6 is 11.3 Å². The monoisotopic (exact) mass is 256 g/mol. The third-order valence-corrected chi connectivity index (χ3v) is 3.20. The number of aromatic hydroxyl groups is 1. The summed E-state index contributed by atoms with van der Waals surface area (Å²) >= 11 is 0.979. The van der Waals surface area contributed by atoms with Crippen molar-refractivity contribution in [3.8, 4) is 5.75 Å². The Balaban J connectivity index is 2.52. The van der Waals surface area contributed by atoms with Crippen molar-refractivity contribution in [2.75, 3.05) is 14.2 Å². The van der Waals surface area contributed by atoms with Gasteiger partial charge in [-0.25, -0.2) is 9.59 Å². The lowest BCUT2D eigenvalue weighted by molar-refractivity contribution is 0.0562. The summed E-state index contributed by atoms with van der Waals surface area (Å²) in [6.07, 6.45) is 0. The van der Waals surface area contributed by atoms with E-state index in [0.717, 1.165) is 11.3 Å². The minimum absolute atomic E-state index is 0.244. The van der Waals surface area contributed by atoms with E-state index in [1.165, 1.54) is 20.3 Å². The van der Waals surface area contributed by atoms with Crippen molar-refractivity contribution in [1.82, 2.24) is 0 Å². The first-order chi connectivity index (χ1) is 8.08. The van der Waals surface area contributed by atoms with Crippen LogP contribution in [-0.4, -0.2) is 31.3 Å². The van der Waals surface area contributed by atoms with E-state index >= 15 is 0 Å². The maximum Gasteiger partial charge on any atom is 0.378 e. The summed E-state index contributed by atoms with van der Waals surface area (Å²) < 4.78 is 14.4. The van der Waals surface area contributed by atoms with Crippen molar-refractivity contribution in [3.63, 3.8) is 0 Å². The maximum atomic E-state index is 11.2. The van der Waals surface area contributed by atoms with E-state index in [9.17, 15) is 14.7 Å². The van der Waals surface area contributed by atoms with Gasteiger partial charge in [-0.05, 0) is 0 Å². The van der Waals surface area contributed by atoms with Crippen LogP contribution in [0.3, 0.4) is 0 Å². The van der Waals surface area contributed by atoms with Gasteiger partial charge in [-0.15, -0.1) is 11.3 Å². The van der Waals surface area contributed by atoms with Gasteiger partial charge in [0.1, 0.15) is 9.58 Å². The van der Waals surface area contributed by atoms with E-state index in [4.69, 9.17) is 4.42 Å². The molecule has 2 rings (SSSR count). The molecule has 0 atom stereocenters. The molecule has 17 heavy (non-hydrogen) atoms. The first kappa shape index (κ1) is 11.5. The first-order valence-electron chi connectivity index (χ1n) is 4.50. The summed E-state index contributed by atoms with van der Waals surface area (Å²) in [7, 11) is 2.43. The number of rotatable bonds is 2. The lowest BCUT2D eigenvalue weighted by Crippen LogP contribution is -1.99. The predicted octanol–water partition coefficient (Wildman–Crippen LogP) is 1.77. The van der Waals surface area contributed by atoms with Gasteiger partial charge in [0.25, 0.3) is 5.76 Å². The fraction of sp³-hybridized carbons (Fsp3) is 0.200. The molecule has 0 amide bonds. The summed E-state index contributed by atoms with van der Waals surface area (Å²) in [5, 5.41) is 9.72. The number of methoxy groups -OCH3 is 2. The van der Waals surface area contributed by atoms with Gasteiger partial charge in [0.2, 0.25) is 0 Å². The molecule has 0 aliphatic heterocycles. The molecule has 0 aliphatic rings. The van der Waals surface area contributed by atoms with Crippen molar-refractivity contribution in [3.05, 3.63) is 16.7 Å². The minimum atomic E-state index is -0.773. The summed E-state index contributed by atoms with van der Waals surface area (Å²) in [6.45, 7) is 0. The van der Waals surface area contributed by atoms with Gasteiger partial charge in [-0.1, -0.05) is 0 Å². The van der Waals surface area contributed by atoms with Crippen molar-refractivity contribution in [2.24, 2.45) is 0 Å². The van der Waals surface area contributed by atoms with Crippen molar-refractivity contribution in [1.29, 1.82) is 0 Å². The number of hydrogen-bond acceptors (Lipinski definition) is 7. The van der Waals surface area contributed by atoms with Crippen LogP contribution < -0.4 is 0 Å². The number of fused-ring (bicyclic) bond motifs is 1. The Kier molecular flexibility index (Phi) is 2.76. The van der Waals surface area contributed by atoms with E-state index in [0.29, 0.717) is 4.70 Å². The molecule has 7 heteroatoms. The Morgan fingerprint density at radius 1 is 1.29 bits per heavy atom. The first-order valence-corrected chi connectivity index (χ1v) is 5.32. The molecule has 0 aliphatic carbocycles. The predicted molar refractivity (Wildman–Crippen MR) is 58.4 cm³/mol. The Bertz CT molecular complexity index is 593. The van der Waals surface area contributed by atoms with Crippen molar-refractivity contribution < 1.29 is 28.6 Å². The van der Waals surface area contributed by atoms with Gasteiger partial charge in [0.15, 0.2) is 11.3 Å².